The van der Waals surface area contributed by atoms with Crippen molar-refractivity contribution in [3.63, 3.8) is 0 Å². The molecule has 4 amide bonds. The average Bonchev–Trinajstić information content (AvgIpc) is 3.21. The molecule has 3 aromatic carbocycles. The van der Waals surface area contributed by atoms with Crippen LogP contribution >= 0.6 is 23.2 Å². The number of nitrogens with zero attached hydrogens (tertiary/aromatic N) is 2. The number of amides is 4. The second-order valence-electron chi connectivity index (χ2n) is 8.03. The van der Waals surface area contributed by atoms with Crippen LogP contribution in [0.1, 0.15) is 5.56 Å². The summed E-state index contributed by atoms with van der Waals surface area (Å²) in [6.45, 7) is 0.927. The van der Waals surface area contributed by atoms with E-state index >= 15 is 0 Å². The summed E-state index contributed by atoms with van der Waals surface area (Å²) < 4.78 is 7.81. The summed E-state index contributed by atoms with van der Waals surface area (Å²) in [7, 11) is 0. The third-order valence-corrected chi connectivity index (χ3v) is 6.22. The van der Waals surface area contributed by atoms with Gasteiger partial charge in [0.25, 0.3) is 11.8 Å². The number of hydrogen-bond acceptors (Lipinski definition) is 4. The fourth-order valence-electron chi connectivity index (χ4n) is 4.01. The average molecular weight is 520 g/mol. The zero-order valence-corrected chi connectivity index (χ0v) is 20.3. The van der Waals surface area contributed by atoms with Crippen LogP contribution in [0.2, 0.25) is 10.0 Å². The number of carbonyl (C=O) groups excluding carboxylic acids is 3. The fourth-order valence-corrected chi connectivity index (χ4v) is 4.26. The van der Waals surface area contributed by atoms with E-state index in [1.165, 1.54) is 6.08 Å². The summed E-state index contributed by atoms with van der Waals surface area (Å²) >= 11 is 11.9. The van der Waals surface area contributed by atoms with E-state index in [1.54, 1.807) is 48.5 Å². The van der Waals surface area contributed by atoms with Crippen LogP contribution in [0.25, 0.3) is 17.0 Å². The van der Waals surface area contributed by atoms with Crippen molar-refractivity contribution in [2.45, 2.75) is 6.54 Å². The minimum atomic E-state index is -0.814. The van der Waals surface area contributed by atoms with Crippen molar-refractivity contribution < 1.29 is 19.1 Å². The van der Waals surface area contributed by atoms with Gasteiger partial charge < -0.3 is 9.30 Å². The van der Waals surface area contributed by atoms with E-state index in [2.05, 4.69) is 5.32 Å². The smallest absolute Gasteiger partial charge is 0.335 e. The number of nitrogens with one attached hydrogen (secondary N) is 1. The van der Waals surface area contributed by atoms with Crippen molar-refractivity contribution in [2.24, 2.45) is 0 Å². The first kappa shape index (κ1) is 23.7. The third-order valence-electron chi connectivity index (χ3n) is 5.72. The molecule has 2 heterocycles. The molecule has 0 radical (unpaired) electrons. The Hall–Kier alpha value is -4.07. The van der Waals surface area contributed by atoms with Gasteiger partial charge in [-0.1, -0.05) is 41.4 Å². The quantitative estimate of drug-likeness (QED) is 0.262. The van der Waals surface area contributed by atoms with Crippen molar-refractivity contribution in [2.75, 3.05) is 11.5 Å². The molecule has 1 saturated heterocycles. The molecule has 0 saturated carbocycles. The summed E-state index contributed by atoms with van der Waals surface area (Å²) in [6.07, 6.45) is 3.36. The number of fused-ring (bicyclic) bond motifs is 1. The lowest BCUT2D eigenvalue weighted by molar-refractivity contribution is -0.122. The Morgan fingerprint density at radius 2 is 1.53 bits per heavy atom. The zero-order chi connectivity index (χ0) is 25.2. The minimum Gasteiger partial charge on any atom is -0.492 e. The first-order valence-electron chi connectivity index (χ1n) is 11.0. The highest BCUT2D eigenvalue weighted by atomic mass is 35.5. The monoisotopic (exact) mass is 519 g/mol. The number of carbonyl (C=O) groups is 3. The maximum absolute atomic E-state index is 13.2. The van der Waals surface area contributed by atoms with E-state index in [0.717, 1.165) is 15.8 Å². The molecule has 0 spiro atoms. The molecular formula is C27H19Cl2N3O4. The van der Waals surface area contributed by atoms with Crippen molar-refractivity contribution in [1.82, 2.24) is 9.88 Å². The number of benzene rings is 3. The molecule has 5 rings (SSSR count). The van der Waals surface area contributed by atoms with Crippen LogP contribution in [0.4, 0.5) is 10.5 Å². The molecule has 0 bridgehead atoms. The lowest BCUT2D eigenvalue weighted by Crippen LogP contribution is -2.54. The summed E-state index contributed by atoms with van der Waals surface area (Å²) in [5.41, 5.74) is 1.74. The molecule has 4 aromatic rings. The number of ether oxygens (including phenoxy) is 1. The second kappa shape index (κ2) is 9.89. The van der Waals surface area contributed by atoms with Gasteiger partial charge in [0.05, 0.1) is 12.2 Å². The molecule has 9 heteroatoms. The largest absolute Gasteiger partial charge is 0.492 e. The van der Waals surface area contributed by atoms with Crippen molar-refractivity contribution >= 4 is 63.7 Å². The van der Waals surface area contributed by atoms with Gasteiger partial charge in [-0.3, -0.25) is 14.9 Å². The zero-order valence-electron chi connectivity index (χ0n) is 18.8. The van der Waals surface area contributed by atoms with Gasteiger partial charge in [0.1, 0.15) is 17.9 Å². The number of imide groups is 2. The first-order chi connectivity index (χ1) is 17.4. The predicted octanol–water partition coefficient (Wildman–Crippen LogP) is 5.69. The van der Waals surface area contributed by atoms with Crippen LogP contribution in [-0.4, -0.2) is 29.0 Å². The molecule has 0 unspecified atom stereocenters. The summed E-state index contributed by atoms with van der Waals surface area (Å²) in [5.74, 6) is -0.762. The number of anilines is 1. The van der Waals surface area contributed by atoms with E-state index in [9.17, 15) is 14.4 Å². The van der Waals surface area contributed by atoms with Crippen molar-refractivity contribution in [3.05, 3.63) is 100 Å². The van der Waals surface area contributed by atoms with Gasteiger partial charge in [0.2, 0.25) is 0 Å². The molecule has 1 N–H and O–H groups in total. The van der Waals surface area contributed by atoms with Gasteiger partial charge in [-0.2, -0.15) is 0 Å². The Bertz CT molecular complexity index is 1510. The lowest BCUT2D eigenvalue weighted by Gasteiger charge is -2.26. The number of para-hydroxylation sites is 1. The highest BCUT2D eigenvalue weighted by Crippen LogP contribution is 2.27. The van der Waals surface area contributed by atoms with Gasteiger partial charge in [-0.15, -0.1) is 0 Å². The van der Waals surface area contributed by atoms with Crippen LogP contribution in [0.15, 0.2) is 84.6 Å². The molecule has 0 atom stereocenters. The number of aromatic nitrogens is 1. The molecule has 1 aromatic heterocycles. The Balaban J connectivity index is 1.44. The van der Waals surface area contributed by atoms with Crippen LogP contribution in [0.5, 0.6) is 5.75 Å². The Morgan fingerprint density at radius 3 is 2.25 bits per heavy atom. The van der Waals surface area contributed by atoms with E-state index in [4.69, 9.17) is 27.9 Å². The maximum atomic E-state index is 13.2. The Kier molecular flexibility index (Phi) is 6.50. The van der Waals surface area contributed by atoms with Gasteiger partial charge >= 0.3 is 6.03 Å². The van der Waals surface area contributed by atoms with Crippen LogP contribution in [0.3, 0.4) is 0 Å². The highest BCUT2D eigenvalue weighted by Gasteiger charge is 2.37. The Labute approximate surface area is 216 Å². The topological polar surface area (TPSA) is 80.6 Å². The predicted molar refractivity (Wildman–Crippen MR) is 139 cm³/mol. The first-order valence-corrected chi connectivity index (χ1v) is 11.8. The molecule has 1 aliphatic rings. The normalized spacial score (nSPS) is 15.0. The molecule has 180 valence electrons. The van der Waals surface area contributed by atoms with Crippen LogP contribution in [0, 0.1) is 0 Å². The van der Waals surface area contributed by atoms with E-state index in [0.29, 0.717) is 40.2 Å². The molecule has 0 aliphatic carbocycles. The van der Waals surface area contributed by atoms with Crippen LogP contribution in [-0.2, 0) is 16.1 Å². The van der Waals surface area contributed by atoms with E-state index < -0.39 is 17.8 Å². The molecule has 7 nitrogen and oxygen atoms in total. The minimum absolute atomic E-state index is 0.148. The van der Waals surface area contributed by atoms with E-state index in [1.807, 2.05) is 35.0 Å². The lowest BCUT2D eigenvalue weighted by atomic mass is 10.1. The van der Waals surface area contributed by atoms with E-state index in [-0.39, 0.29) is 5.57 Å². The van der Waals surface area contributed by atoms with Crippen molar-refractivity contribution in [1.29, 1.82) is 0 Å². The van der Waals surface area contributed by atoms with Gasteiger partial charge in [0, 0.05) is 32.7 Å². The standard InChI is InChI=1S/C27H19Cl2N3O4/c28-18-5-9-20(10-6-18)32-26(34)23(25(33)30-27(32)35)15-17-16-31(24-4-2-1-3-22(17)24)13-14-36-21-11-7-19(29)8-12-21/h1-12,15-16H,13-14H2,(H,30,33,35)/b23-15-. The highest BCUT2D eigenvalue weighted by molar-refractivity contribution is 6.39. The Morgan fingerprint density at radius 1 is 0.861 bits per heavy atom. The number of hydrogen-bond donors (Lipinski definition) is 1. The summed E-state index contributed by atoms with van der Waals surface area (Å²) in [4.78, 5) is 39.3. The summed E-state index contributed by atoms with van der Waals surface area (Å²) in [5, 5.41) is 4.19. The SMILES string of the molecule is O=C1NC(=O)N(c2ccc(Cl)cc2)C(=O)/C1=C\c1cn(CCOc2ccc(Cl)cc2)c2ccccc12. The number of rotatable bonds is 6. The number of urea groups is 1. The number of halogens is 2. The molecular weight excluding hydrogens is 501 g/mol. The van der Waals surface area contributed by atoms with Gasteiger partial charge in [-0.05, 0) is 60.7 Å². The molecule has 36 heavy (non-hydrogen) atoms. The molecule has 1 aliphatic heterocycles. The van der Waals surface area contributed by atoms with Crippen LogP contribution < -0.4 is 15.0 Å². The molecule has 1 fully saturated rings. The third kappa shape index (κ3) is 4.71. The van der Waals surface area contributed by atoms with Crippen molar-refractivity contribution in [3.8, 4) is 5.75 Å². The number of barbiturate groups is 1. The van der Waals surface area contributed by atoms with Gasteiger partial charge in [-0.25, -0.2) is 9.69 Å². The van der Waals surface area contributed by atoms with Gasteiger partial charge in [0.15, 0.2) is 0 Å². The summed E-state index contributed by atoms with van der Waals surface area (Å²) in [6, 6.07) is 20.2. The maximum Gasteiger partial charge on any atom is 0.335 e. The fraction of sp³-hybridized carbons (Fsp3) is 0.0741. The second-order valence-corrected chi connectivity index (χ2v) is 8.90.